The van der Waals surface area contributed by atoms with E-state index in [9.17, 15) is 0 Å². The van der Waals surface area contributed by atoms with Gasteiger partial charge in [0.25, 0.3) is 0 Å². The number of ether oxygens (including phenoxy) is 2. The molecule has 0 saturated carbocycles. The molecule has 2 N–H and O–H groups in total. The zero-order valence-electron chi connectivity index (χ0n) is 20.7. The quantitative estimate of drug-likeness (QED) is 0.213. The average molecular weight is 479 g/mol. The summed E-state index contributed by atoms with van der Waals surface area (Å²) < 4.78 is 12.0. The van der Waals surface area contributed by atoms with Crippen molar-refractivity contribution in [2.75, 3.05) is 13.2 Å². The monoisotopic (exact) mass is 478 g/mol. The molecule has 0 aliphatic carbocycles. The maximum Gasteiger partial charge on any atom is 0.121 e. The van der Waals surface area contributed by atoms with E-state index in [1.165, 1.54) is 21.5 Å². The second-order valence-corrected chi connectivity index (χ2v) is 9.41. The molecule has 0 saturated heterocycles. The van der Waals surface area contributed by atoms with Gasteiger partial charge in [0.15, 0.2) is 0 Å². The Morgan fingerprint density at radius 2 is 1.06 bits per heavy atom. The molecule has 0 fully saturated rings. The Bertz CT molecular complexity index is 1560. The number of aryl methyl sites for hydroxylation is 2. The molecule has 0 radical (unpaired) electrons. The fourth-order valence-corrected chi connectivity index (χ4v) is 5.01. The molecule has 2 aromatic carbocycles. The molecule has 4 aromatic heterocycles. The normalized spacial score (nSPS) is 11.7. The summed E-state index contributed by atoms with van der Waals surface area (Å²) in [5.74, 6) is 1.81. The number of aromatic nitrogens is 4. The van der Waals surface area contributed by atoms with Gasteiger partial charge < -0.3 is 19.4 Å². The van der Waals surface area contributed by atoms with Crippen LogP contribution in [-0.2, 0) is 0 Å². The fourth-order valence-electron chi connectivity index (χ4n) is 5.01. The van der Waals surface area contributed by atoms with E-state index in [0.29, 0.717) is 0 Å². The van der Waals surface area contributed by atoms with Crippen molar-refractivity contribution in [3.05, 3.63) is 72.3 Å². The van der Waals surface area contributed by atoms with Crippen molar-refractivity contribution in [3.8, 4) is 11.5 Å². The third-order valence-electron chi connectivity index (χ3n) is 6.94. The SMILES string of the molecule is Cc1nccc2c1[nH]c1cc(OCCCCCCOc3ccc4c(c3)[nH]c3c(C)nccc34)ccc12. The molecule has 182 valence electrons. The predicted molar refractivity (Wildman–Crippen MR) is 146 cm³/mol. The van der Waals surface area contributed by atoms with E-state index < -0.39 is 0 Å². The lowest BCUT2D eigenvalue weighted by atomic mass is 10.1. The van der Waals surface area contributed by atoms with Crippen LogP contribution in [0.2, 0.25) is 0 Å². The Kier molecular flexibility index (Phi) is 5.93. The van der Waals surface area contributed by atoms with Crippen molar-refractivity contribution >= 4 is 43.6 Å². The third-order valence-corrected chi connectivity index (χ3v) is 6.94. The van der Waals surface area contributed by atoms with Crippen molar-refractivity contribution < 1.29 is 9.47 Å². The van der Waals surface area contributed by atoms with Gasteiger partial charge in [-0.25, -0.2) is 0 Å². The van der Waals surface area contributed by atoms with Crippen molar-refractivity contribution in [2.45, 2.75) is 39.5 Å². The summed E-state index contributed by atoms with van der Waals surface area (Å²) in [7, 11) is 0. The van der Waals surface area contributed by atoms with Crippen molar-refractivity contribution in [1.82, 2.24) is 19.9 Å². The number of H-pyrrole nitrogens is 2. The molecule has 6 aromatic rings. The molecule has 6 nitrogen and oxygen atoms in total. The van der Waals surface area contributed by atoms with E-state index in [-0.39, 0.29) is 0 Å². The van der Waals surface area contributed by atoms with Crippen molar-refractivity contribution in [1.29, 1.82) is 0 Å². The lowest BCUT2D eigenvalue weighted by Gasteiger charge is -2.08. The van der Waals surface area contributed by atoms with E-state index in [1.54, 1.807) is 0 Å². The number of unbranched alkanes of at least 4 members (excludes halogenated alkanes) is 3. The van der Waals surface area contributed by atoms with Crippen molar-refractivity contribution in [3.63, 3.8) is 0 Å². The molecule has 0 amide bonds. The van der Waals surface area contributed by atoms with Crippen LogP contribution in [0.5, 0.6) is 11.5 Å². The Morgan fingerprint density at radius 1 is 0.583 bits per heavy atom. The number of nitrogens with one attached hydrogen (secondary N) is 2. The summed E-state index contributed by atoms with van der Waals surface area (Å²) in [6.45, 7) is 5.50. The minimum Gasteiger partial charge on any atom is -0.494 e. The van der Waals surface area contributed by atoms with Crippen LogP contribution in [0.4, 0.5) is 0 Å². The zero-order chi connectivity index (χ0) is 24.5. The number of fused-ring (bicyclic) bond motifs is 6. The van der Waals surface area contributed by atoms with E-state index >= 15 is 0 Å². The van der Waals surface area contributed by atoms with Crippen LogP contribution in [0, 0.1) is 13.8 Å². The molecule has 0 aliphatic rings. The van der Waals surface area contributed by atoms with Gasteiger partial charge in [-0.15, -0.1) is 0 Å². The smallest absolute Gasteiger partial charge is 0.121 e. The Balaban J connectivity index is 0.951. The van der Waals surface area contributed by atoms with Gasteiger partial charge in [0.1, 0.15) is 11.5 Å². The number of benzene rings is 2. The summed E-state index contributed by atoms with van der Waals surface area (Å²) in [6, 6.07) is 16.7. The van der Waals surface area contributed by atoms with Gasteiger partial charge >= 0.3 is 0 Å². The summed E-state index contributed by atoms with van der Waals surface area (Å²) in [5, 5.41) is 4.83. The first-order valence-electron chi connectivity index (χ1n) is 12.7. The maximum atomic E-state index is 6.02. The van der Waals surface area contributed by atoms with Crippen LogP contribution in [0.3, 0.4) is 0 Å². The lowest BCUT2D eigenvalue weighted by molar-refractivity contribution is 0.288. The van der Waals surface area contributed by atoms with Crippen LogP contribution in [0.15, 0.2) is 60.9 Å². The summed E-state index contributed by atoms with van der Waals surface area (Å²) in [4.78, 5) is 15.7. The van der Waals surface area contributed by atoms with Gasteiger partial charge in [-0.2, -0.15) is 0 Å². The largest absolute Gasteiger partial charge is 0.494 e. The van der Waals surface area contributed by atoms with Crippen LogP contribution >= 0.6 is 0 Å². The molecule has 6 heteroatoms. The highest BCUT2D eigenvalue weighted by Crippen LogP contribution is 2.30. The first-order valence-corrected chi connectivity index (χ1v) is 12.7. The predicted octanol–water partition coefficient (Wildman–Crippen LogP) is 7.38. The van der Waals surface area contributed by atoms with Gasteiger partial charge in [-0.05, 0) is 75.9 Å². The van der Waals surface area contributed by atoms with Gasteiger partial charge in [0, 0.05) is 46.1 Å². The molecule has 36 heavy (non-hydrogen) atoms. The average Bonchev–Trinajstić information content (AvgIpc) is 3.45. The number of nitrogens with zero attached hydrogens (tertiary/aromatic N) is 2. The van der Waals surface area contributed by atoms with Crippen molar-refractivity contribution in [2.24, 2.45) is 0 Å². The number of hydrogen-bond acceptors (Lipinski definition) is 4. The van der Waals surface area contributed by atoms with Crippen LogP contribution in [0.1, 0.15) is 37.1 Å². The molecule has 0 atom stereocenters. The van der Waals surface area contributed by atoms with Gasteiger partial charge in [0.2, 0.25) is 0 Å². The highest BCUT2D eigenvalue weighted by molar-refractivity contribution is 6.08. The Morgan fingerprint density at radius 3 is 1.53 bits per heavy atom. The molecule has 4 heterocycles. The Hall–Kier alpha value is -4.06. The molecular weight excluding hydrogens is 448 g/mol. The third kappa shape index (κ3) is 4.24. The topological polar surface area (TPSA) is 75.8 Å². The van der Waals surface area contributed by atoms with Crippen LogP contribution in [-0.4, -0.2) is 33.1 Å². The molecule has 6 rings (SSSR count). The second-order valence-electron chi connectivity index (χ2n) is 9.41. The highest BCUT2D eigenvalue weighted by Gasteiger charge is 2.09. The van der Waals surface area contributed by atoms with E-state index in [0.717, 1.165) is 83.9 Å². The minimum absolute atomic E-state index is 0.721. The number of pyridine rings is 2. The first-order chi connectivity index (χ1) is 17.7. The zero-order valence-corrected chi connectivity index (χ0v) is 20.7. The molecule has 0 spiro atoms. The lowest BCUT2D eigenvalue weighted by Crippen LogP contribution is -2.00. The number of aromatic amines is 2. The number of rotatable bonds is 9. The van der Waals surface area contributed by atoms with Gasteiger partial charge in [0.05, 0.1) is 46.7 Å². The standard InChI is InChI=1S/C30H30N4O2/c1-19-29-25(11-13-31-19)23-9-7-21(17-27(23)33-29)35-15-5-3-4-6-16-36-22-8-10-24-26-12-14-32-20(2)30(26)34-28(24)18-22/h7-14,17-18,33-34H,3-6,15-16H2,1-2H3. The summed E-state index contributed by atoms with van der Waals surface area (Å²) in [6.07, 6.45) is 8.03. The second kappa shape index (κ2) is 9.53. The minimum atomic E-state index is 0.721. The maximum absolute atomic E-state index is 6.02. The molecular formula is C30H30N4O2. The van der Waals surface area contributed by atoms with Crippen LogP contribution < -0.4 is 9.47 Å². The first kappa shape index (κ1) is 22.4. The molecule has 0 bridgehead atoms. The fraction of sp³-hybridized carbons (Fsp3) is 0.267. The van der Waals surface area contributed by atoms with E-state index in [4.69, 9.17) is 9.47 Å². The highest BCUT2D eigenvalue weighted by atomic mass is 16.5. The van der Waals surface area contributed by atoms with Crippen LogP contribution in [0.25, 0.3) is 43.6 Å². The van der Waals surface area contributed by atoms with E-state index in [2.05, 4.69) is 68.5 Å². The van der Waals surface area contributed by atoms with Gasteiger partial charge in [-0.3, -0.25) is 9.97 Å². The summed E-state index contributed by atoms with van der Waals surface area (Å²) >= 11 is 0. The number of hydrogen-bond donors (Lipinski definition) is 2. The molecule has 0 aliphatic heterocycles. The molecule has 0 unspecified atom stereocenters. The Labute approximate surface area is 209 Å². The van der Waals surface area contributed by atoms with E-state index in [1.807, 2.05) is 26.2 Å². The summed E-state index contributed by atoms with van der Waals surface area (Å²) in [5.41, 5.74) is 6.41. The van der Waals surface area contributed by atoms with Gasteiger partial charge in [-0.1, -0.05) is 0 Å².